The summed E-state index contributed by atoms with van der Waals surface area (Å²) in [5, 5.41) is 3.55. The topological polar surface area (TPSA) is 67.0 Å². The minimum atomic E-state index is -0.0459. The molecular weight excluding hydrogens is 254 g/mol. The minimum absolute atomic E-state index is 0.0195. The number of nitrogens with zero attached hydrogens (tertiary/aromatic N) is 1. The molecule has 0 aliphatic heterocycles. The van der Waals surface area contributed by atoms with E-state index in [4.69, 9.17) is 4.74 Å². The highest BCUT2D eigenvalue weighted by molar-refractivity contribution is 5.21. The van der Waals surface area contributed by atoms with E-state index in [9.17, 15) is 4.79 Å². The lowest BCUT2D eigenvalue weighted by Gasteiger charge is -2.52. The predicted octanol–water partition coefficient (Wildman–Crippen LogP) is 1.85. The van der Waals surface area contributed by atoms with Crippen LogP contribution in [0.15, 0.2) is 4.79 Å². The van der Waals surface area contributed by atoms with E-state index in [2.05, 4.69) is 29.1 Å². The summed E-state index contributed by atoms with van der Waals surface area (Å²) in [4.78, 5) is 19.2. The number of aryl methyl sites for hydroxylation is 2. The van der Waals surface area contributed by atoms with Gasteiger partial charge in [0.15, 0.2) is 0 Å². The van der Waals surface area contributed by atoms with Crippen LogP contribution in [-0.2, 0) is 4.74 Å². The molecule has 112 valence electrons. The number of aromatic amines is 1. The van der Waals surface area contributed by atoms with Crippen molar-refractivity contribution in [1.29, 1.82) is 0 Å². The summed E-state index contributed by atoms with van der Waals surface area (Å²) in [5.41, 5.74) is 1.57. The first kappa shape index (κ1) is 15.2. The van der Waals surface area contributed by atoms with Crippen molar-refractivity contribution in [3.05, 3.63) is 27.4 Å². The Morgan fingerprint density at radius 1 is 1.45 bits per heavy atom. The molecule has 0 aromatic carbocycles. The molecule has 1 saturated carbocycles. The number of methoxy groups -OCH3 is 1. The number of hydrogen-bond donors (Lipinski definition) is 2. The number of ether oxygens (including phenoxy) is 1. The molecule has 1 aliphatic carbocycles. The van der Waals surface area contributed by atoms with E-state index in [1.807, 2.05) is 13.8 Å². The molecule has 2 N–H and O–H groups in total. The van der Waals surface area contributed by atoms with E-state index in [0.29, 0.717) is 11.9 Å². The molecular formula is C15H25N3O2. The van der Waals surface area contributed by atoms with Crippen molar-refractivity contribution in [3.63, 3.8) is 0 Å². The summed E-state index contributed by atoms with van der Waals surface area (Å²) in [5.74, 6) is 0.659. The Kier molecular flexibility index (Phi) is 4.02. The van der Waals surface area contributed by atoms with Crippen molar-refractivity contribution in [2.75, 3.05) is 7.11 Å². The molecule has 3 atom stereocenters. The van der Waals surface area contributed by atoms with Gasteiger partial charge in [0, 0.05) is 30.3 Å². The maximum atomic E-state index is 12.1. The molecule has 1 aromatic heterocycles. The average molecular weight is 279 g/mol. The maximum Gasteiger partial charge on any atom is 0.255 e. The second-order valence-corrected chi connectivity index (χ2v) is 6.37. The number of nitrogens with one attached hydrogen (secondary N) is 2. The minimum Gasteiger partial charge on any atom is -0.381 e. The van der Waals surface area contributed by atoms with Crippen molar-refractivity contribution in [1.82, 2.24) is 15.3 Å². The van der Waals surface area contributed by atoms with Crippen LogP contribution < -0.4 is 10.9 Å². The smallest absolute Gasteiger partial charge is 0.255 e. The molecule has 5 nitrogen and oxygen atoms in total. The molecule has 1 heterocycles. The third-order valence-electron chi connectivity index (χ3n) is 4.61. The summed E-state index contributed by atoms with van der Waals surface area (Å²) in [6, 6.07) is 0.330. The van der Waals surface area contributed by atoms with E-state index >= 15 is 0 Å². The molecule has 0 spiro atoms. The molecule has 1 fully saturated rings. The van der Waals surface area contributed by atoms with Crippen LogP contribution in [0, 0.1) is 19.3 Å². The molecule has 0 radical (unpaired) electrons. The SMILES string of the molecule is COC1CC(NC(C)c2c(C)nc(C)[nH]c2=O)C1(C)C. The van der Waals surface area contributed by atoms with Crippen molar-refractivity contribution in [2.24, 2.45) is 5.41 Å². The summed E-state index contributed by atoms with van der Waals surface area (Å²) in [6.07, 6.45) is 1.26. The zero-order valence-corrected chi connectivity index (χ0v) is 13.2. The van der Waals surface area contributed by atoms with Gasteiger partial charge in [0.1, 0.15) is 5.82 Å². The molecule has 3 unspecified atom stereocenters. The second kappa shape index (κ2) is 5.30. The van der Waals surface area contributed by atoms with Crippen LogP contribution in [0.1, 0.15) is 50.3 Å². The van der Waals surface area contributed by atoms with Crippen LogP contribution in [0.3, 0.4) is 0 Å². The highest BCUT2D eigenvalue weighted by Crippen LogP contribution is 2.43. The van der Waals surface area contributed by atoms with E-state index in [0.717, 1.165) is 17.7 Å². The van der Waals surface area contributed by atoms with Crippen molar-refractivity contribution in [3.8, 4) is 0 Å². The summed E-state index contributed by atoms with van der Waals surface area (Å²) in [6.45, 7) is 10.1. The first-order valence-electron chi connectivity index (χ1n) is 7.13. The van der Waals surface area contributed by atoms with Crippen molar-refractivity contribution < 1.29 is 4.74 Å². The standard InChI is InChI=1S/C15H25N3O2/c1-8-13(14(19)18-10(3)16-8)9(2)17-11-7-12(20-6)15(11,4)5/h9,11-12,17H,7H2,1-6H3,(H,16,18,19). The Hall–Kier alpha value is -1.20. The van der Waals surface area contributed by atoms with E-state index in [-0.39, 0.29) is 23.1 Å². The molecule has 1 aromatic rings. The molecule has 0 amide bonds. The highest BCUT2D eigenvalue weighted by atomic mass is 16.5. The lowest BCUT2D eigenvalue weighted by atomic mass is 9.64. The van der Waals surface area contributed by atoms with E-state index in [1.165, 1.54) is 0 Å². The Morgan fingerprint density at radius 2 is 2.10 bits per heavy atom. The molecule has 5 heteroatoms. The van der Waals surface area contributed by atoms with E-state index < -0.39 is 0 Å². The molecule has 0 saturated heterocycles. The van der Waals surface area contributed by atoms with Crippen LogP contribution in [-0.4, -0.2) is 29.2 Å². The number of hydrogen-bond acceptors (Lipinski definition) is 4. The number of H-pyrrole nitrogens is 1. The zero-order valence-electron chi connectivity index (χ0n) is 13.2. The fourth-order valence-electron chi connectivity index (χ4n) is 3.20. The van der Waals surface area contributed by atoms with Crippen LogP contribution >= 0.6 is 0 Å². The van der Waals surface area contributed by atoms with Crippen molar-refractivity contribution >= 4 is 0 Å². The molecule has 0 bridgehead atoms. The first-order valence-corrected chi connectivity index (χ1v) is 7.13. The van der Waals surface area contributed by atoms with Gasteiger partial charge in [-0.05, 0) is 27.2 Å². The fraction of sp³-hybridized carbons (Fsp3) is 0.733. The van der Waals surface area contributed by atoms with Gasteiger partial charge in [-0.3, -0.25) is 4.79 Å². The van der Waals surface area contributed by atoms with Crippen LogP contribution in [0.25, 0.3) is 0 Å². The van der Waals surface area contributed by atoms with Crippen LogP contribution in [0.5, 0.6) is 0 Å². The Bertz CT molecular complexity index is 551. The van der Waals surface area contributed by atoms with Gasteiger partial charge in [0.25, 0.3) is 5.56 Å². The third kappa shape index (κ3) is 2.52. The Labute approximate surface area is 120 Å². The van der Waals surface area contributed by atoms with Gasteiger partial charge in [-0.2, -0.15) is 0 Å². The number of aromatic nitrogens is 2. The Balaban J connectivity index is 2.15. The zero-order chi connectivity index (χ0) is 15.1. The fourth-order valence-corrected chi connectivity index (χ4v) is 3.20. The van der Waals surface area contributed by atoms with Crippen LogP contribution in [0.4, 0.5) is 0 Å². The normalized spacial score (nSPS) is 26.1. The van der Waals surface area contributed by atoms with Gasteiger partial charge in [-0.25, -0.2) is 4.98 Å². The third-order valence-corrected chi connectivity index (χ3v) is 4.61. The first-order chi connectivity index (χ1) is 9.27. The van der Waals surface area contributed by atoms with Gasteiger partial charge in [-0.15, -0.1) is 0 Å². The van der Waals surface area contributed by atoms with Gasteiger partial charge < -0.3 is 15.0 Å². The monoisotopic (exact) mass is 279 g/mol. The maximum absolute atomic E-state index is 12.1. The van der Waals surface area contributed by atoms with Gasteiger partial charge in [0.05, 0.1) is 11.7 Å². The van der Waals surface area contributed by atoms with Gasteiger partial charge in [0.2, 0.25) is 0 Å². The largest absolute Gasteiger partial charge is 0.381 e. The highest BCUT2D eigenvalue weighted by Gasteiger charge is 2.48. The lowest BCUT2D eigenvalue weighted by Crippen LogP contribution is -2.61. The summed E-state index contributed by atoms with van der Waals surface area (Å²) < 4.78 is 5.46. The van der Waals surface area contributed by atoms with Gasteiger partial charge in [-0.1, -0.05) is 13.8 Å². The predicted molar refractivity (Wildman–Crippen MR) is 78.9 cm³/mol. The molecule has 1 aliphatic rings. The summed E-state index contributed by atoms with van der Waals surface area (Å²) >= 11 is 0. The molecule has 20 heavy (non-hydrogen) atoms. The van der Waals surface area contributed by atoms with Crippen LogP contribution in [0.2, 0.25) is 0 Å². The second-order valence-electron chi connectivity index (χ2n) is 6.37. The molecule has 2 rings (SSSR count). The quantitative estimate of drug-likeness (QED) is 0.882. The average Bonchev–Trinajstić information content (AvgIpc) is 2.32. The van der Waals surface area contributed by atoms with Crippen molar-refractivity contribution in [2.45, 2.75) is 59.2 Å². The Morgan fingerprint density at radius 3 is 2.60 bits per heavy atom. The van der Waals surface area contributed by atoms with E-state index in [1.54, 1.807) is 14.0 Å². The lowest BCUT2D eigenvalue weighted by molar-refractivity contribution is -0.0999. The van der Waals surface area contributed by atoms with Gasteiger partial charge >= 0.3 is 0 Å². The summed E-state index contributed by atoms with van der Waals surface area (Å²) in [7, 11) is 1.75. The number of rotatable bonds is 4.